The number of hydrogen-bond acceptors (Lipinski definition) is 3. The largest absolute Gasteiger partial charge is 0.487 e. The molecule has 0 bridgehead atoms. The Hall–Kier alpha value is -0.480. The average Bonchev–Trinajstić information content (AvgIpc) is 2.30. The maximum Gasteiger partial charge on any atom is 0.191 e. The Morgan fingerprint density at radius 3 is 2.35 bits per heavy atom. The molecule has 0 spiro atoms. The summed E-state index contributed by atoms with van der Waals surface area (Å²) >= 11 is 11.8. The lowest BCUT2D eigenvalue weighted by Crippen LogP contribution is -2.25. The van der Waals surface area contributed by atoms with Crippen molar-refractivity contribution in [1.29, 1.82) is 0 Å². The van der Waals surface area contributed by atoms with Gasteiger partial charge in [0, 0.05) is 24.3 Å². The second kappa shape index (κ2) is 7.77. The van der Waals surface area contributed by atoms with Gasteiger partial charge in [0.1, 0.15) is 12.4 Å². The fraction of sp³-hybridized carbons (Fsp3) is 0.500. The zero-order chi connectivity index (χ0) is 12.7. The summed E-state index contributed by atoms with van der Waals surface area (Å²) in [5, 5.41) is 1.09. The van der Waals surface area contributed by atoms with E-state index in [-0.39, 0.29) is 12.9 Å². The molecule has 0 unspecified atom stereocenters. The highest BCUT2D eigenvalue weighted by Gasteiger charge is 2.10. The molecule has 0 atom stereocenters. The summed E-state index contributed by atoms with van der Waals surface area (Å²) in [5.74, 6) is 0.531. The van der Waals surface area contributed by atoms with Crippen LogP contribution in [0.15, 0.2) is 18.2 Å². The van der Waals surface area contributed by atoms with Crippen molar-refractivity contribution in [2.75, 3.05) is 19.8 Å². The molecular formula is C12H16Cl2O3. The minimum atomic E-state index is -0.389. The molecule has 0 aliphatic heterocycles. The van der Waals surface area contributed by atoms with Crippen molar-refractivity contribution in [2.45, 2.75) is 20.1 Å². The molecule has 0 N–H and O–H groups in total. The van der Waals surface area contributed by atoms with Gasteiger partial charge in [-0.25, -0.2) is 0 Å². The monoisotopic (exact) mass is 278 g/mol. The van der Waals surface area contributed by atoms with Crippen molar-refractivity contribution < 1.29 is 14.2 Å². The zero-order valence-corrected chi connectivity index (χ0v) is 11.4. The number of halogens is 2. The topological polar surface area (TPSA) is 27.7 Å². The lowest BCUT2D eigenvalue weighted by atomic mass is 10.3. The normalized spacial score (nSPS) is 10.9. The Balaban J connectivity index is 2.55. The van der Waals surface area contributed by atoms with Crippen LogP contribution in [-0.4, -0.2) is 26.1 Å². The van der Waals surface area contributed by atoms with Crippen LogP contribution in [0.5, 0.6) is 5.75 Å². The molecule has 0 saturated carbocycles. The number of benzene rings is 1. The van der Waals surface area contributed by atoms with Gasteiger partial charge in [0.15, 0.2) is 6.29 Å². The third kappa shape index (κ3) is 5.13. The maximum atomic E-state index is 5.97. The predicted octanol–water partition coefficient (Wildman–Crippen LogP) is 3.77. The van der Waals surface area contributed by atoms with Gasteiger partial charge in [0.25, 0.3) is 0 Å². The Morgan fingerprint density at radius 2 is 1.76 bits per heavy atom. The lowest BCUT2D eigenvalue weighted by Gasteiger charge is -2.18. The van der Waals surface area contributed by atoms with Crippen molar-refractivity contribution >= 4 is 23.2 Å². The van der Waals surface area contributed by atoms with Crippen molar-refractivity contribution in [3.05, 3.63) is 28.2 Å². The van der Waals surface area contributed by atoms with E-state index >= 15 is 0 Å². The summed E-state index contributed by atoms with van der Waals surface area (Å²) in [5.41, 5.74) is 0. The molecular weight excluding hydrogens is 263 g/mol. The van der Waals surface area contributed by atoms with E-state index in [0.717, 1.165) is 0 Å². The zero-order valence-electron chi connectivity index (χ0n) is 9.91. The summed E-state index contributed by atoms with van der Waals surface area (Å²) in [7, 11) is 0. The Labute approximate surface area is 112 Å². The number of hydrogen-bond donors (Lipinski definition) is 0. The van der Waals surface area contributed by atoms with Crippen molar-refractivity contribution in [3.8, 4) is 5.75 Å². The minimum Gasteiger partial charge on any atom is -0.487 e. The Morgan fingerprint density at radius 1 is 1.12 bits per heavy atom. The van der Waals surface area contributed by atoms with Crippen LogP contribution in [0, 0.1) is 0 Å². The molecule has 0 radical (unpaired) electrons. The molecule has 0 aliphatic carbocycles. The van der Waals surface area contributed by atoms with E-state index in [4.69, 9.17) is 37.4 Å². The average molecular weight is 279 g/mol. The standard InChI is InChI=1S/C12H16Cl2O3/c1-3-15-12(16-4-2)8-17-11-7-9(13)5-6-10(11)14/h5-7,12H,3-4,8H2,1-2H3. The molecule has 1 aromatic carbocycles. The molecule has 96 valence electrons. The fourth-order valence-electron chi connectivity index (χ4n) is 1.26. The SMILES string of the molecule is CCOC(COc1cc(Cl)ccc1Cl)OCC. The van der Waals surface area contributed by atoms with Gasteiger partial charge in [-0.1, -0.05) is 23.2 Å². The van der Waals surface area contributed by atoms with Crippen LogP contribution in [0.25, 0.3) is 0 Å². The second-order valence-corrected chi connectivity index (χ2v) is 4.07. The van der Waals surface area contributed by atoms with E-state index in [2.05, 4.69) is 0 Å². The van der Waals surface area contributed by atoms with Gasteiger partial charge in [-0.3, -0.25) is 0 Å². The van der Waals surface area contributed by atoms with Crippen molar-refractivity contribution in [2.24, 2.45) is 0 Å². The molecule has 0 amide bonds. The lowest BCUT2D eigenvalue weighted by molar-refractivity contribution is -0.152. The van der Waals surface area contributed by atoms with Gasteiger partial charge in [-0.2, -0.15) is 0 Å². The highest BCUT2D eigenvalue weighted by Crippen LogP contribution is 2.27. The van der Waals surface area contributed by atoms with Crippen LogP contribution in [0.4, 0.5) is 0 Å². The smallest absolute Gasteiger partial charge is 0.191 e. The second-order valence-electron chi connectivity index (χ2n) is 3.23. The van der Waals surface area contributed by atoms with Gasteiger partial charge < -0.3 is 14.2 Å². The van der Waals surface area contributed by atoms with E-state index in [1.165, 1.54) is 0 Å². The third-order valence-corrected chi connectivity index (χ3v) is 2.52. The van der Waals surface area contributed by atoms with E-state index in [9.17, 15) is 0 Å². The summed E-state index contributed by atoms with van der Waals surface area (Å²) in [6, 6.07) is 5.06. The molecule has 1 rings (SSSR count). The first-order chi connectivity index (χ1) is 8.17. The highest BCUT2D eigenvalue weighted by atomic mass is 35.5. The van der Waals surface area contributed by atoms with Gasteiger partial charge in [-0.15, -0.1) is 0 Å². The summed E-state index contributed by atoms with van der Waals surface area (Å²) < 4.78 is 16.2. The minimum absolute atomic E-state index is 0.280. The summed E-state index contributed by atoms with van der Waals surface area (Å²) in [6.07, 6.45) is -0.389. The molecule has 0 saturated heterocycles. The first kappa shape index (κ1) is 14.6. The van der Waals surface area contributed by atoms with Gasteiger partial charge >= 0.3 is 0 Å². The van der Waals surface area contributed by atoms with Crippen LogP contribution in [0.3, 0.4) is 0 Å². The van der Waals surface area contributed by atoms with E-state index in [1.807, 2.05) is 13.8 Å². The van der Waals surface area contributed by atoms with Crippen molar-refractivity contribution in [1.82, 2.24) is 0 Å². The quantitative estimate of drug-likeness (QED) is 0.711. The maximum absolute atomic E-state index is 5.97. The van der Waals surface area contributed by atoms with Gasteiger partial charge in [0.05, 0.1) is 5.02 Å². The molecule has 0 heterocycles. The molecule has 17 heavy (non-hydrogen) atoms. The number of ether oxygens (including phenoxy) is 3. The first-order valence-electron chi connectivity index (χ1n) is 5.48. The van der Waals surface area contributed by atoms with Crippen molar-refractivity contribution in [3.63, 3.8) is 0 Å². The molecule has 0 aliphatic rings. The van der Waals surface area contributed by atoms with Gasteiger partial charge in [-0.05, 0) is 26.0 Å². The molecule has 0 aromatic heterocycles. The Bertz CT molecular complexity index is 339. The first-order valence-corrected chi connectivity index (χ1v) is 6.24. The molecule has 0 fully saturated rings. The van der Waals surface area contributed by atoms with E-state index < -0.39 is 0 Å². The van der Waals surface area contributed by atoms with Crippen LogP contribution in [0.1, 0.15) is 13.8 Å². The summed E-state index contributed by atoms with van der Waals surface area (Å²) in [4.78, 5) is 0. The van der Waals surface area contributed by atoms with E-state index in [0.29, 0.717) is 29.0 Å². The molecule has 1 aromatic rings. The third-order valence-electron chi connectivity index (χ3n) is 1.97. The highest BCUT2D eigenvalue weighted by molar-refractivity contribution is 6.34. The molecule has 5 heteroatoms. The van der Waals surface area contributed by atoms with Gasteiger partial charge in [0.2, 0.25) is 0 Å². The van der Waals surface area contributed by atoms with Crippen LogP contribution >= 0.6 is 23.2 Å². The van der Waals surface area contributed by atoms with E-state index in [1.54, 1.807) is 18.2 Å². The number of rotatable bonds is 7. The summed E-state index contributed by atoms with van der Waals surface area (Å²) in [6.45, 7) is 5.22. The van der Waals surface area contributed by atoms with Crippen LogP contribution in [0.2, 0.25) is 10.0 Å². The fourth-order valence-corrected chi connectivity index (χ4v) is 1.60. The van der Waals surface area contributed by atoms with Crippen LogP contribution < -0.4 is 4.74 Å². The van der Waals surface area contributed by atoms with Crippen LogP contribution in [-0.2, 0) is 9.47 Å². The Kier molecular flexibility index (Phi) is 6.66. The molecule has 3 nitrogen and oxygen atoms in total. The predicted molar refractivity (Wildman–Crippen MR) is 69.0 cm³/mol.